The normalized spacial score (nSPS) is 20.8. The molecule has 2 aliphatic rings. The summed E-state index contributed by atoms with van der Waals surface area (Å²) in [5.41, 5.74) is 1.18. The van der Waals surface area contributed by atoms with E-state index in [9.17, 15) is 18.0 Å². The molecule has 28 heavy (non-hydrogen) atoms. The fourth-order valence-electron chi connectivity index (χ4n) is 4.07. The fourth-order valence-corrected chi connectivity index (χ4v) is 4.07. The molecule has 0 spiro atoms. The van der Waals surface area contributed by atoms with Gasteiger partial charge in [-0.25, -0.2) is 4.79 Å². The van der Waals surface area contributed by atoms with Crippen LogP contribution in [-0.2, 0) is 0 Å². The van der Waals surface area contributed by atoms with Gasteiger partial charge < -0.3 is 10.2 Å². The summed E-state index contributed by atoms with van der Waals surface area (Å²) >= 11 is 0. The van der Waals surface area contributed by atoms with E-state index in [1.54, 1.807) is 4.90 Å². The molecule has 1 aromatic rings. The van der Waals surface area contributed by atoms with E-state index in [4.69, 9.17) is 0 Å². The predicted molar refractivity (Wildman–Crippen MR) is 102 cm³/mol. The minimum absolute atomic E-state index is 0.126. The van der Waals surface area contributed by atoms with Gasteiger partial charge in [-0.15, -0.1) is 0 Å². The molecule has 8 heteroatoms. The standard InChI is InChI=1S/C20H29F3N4O/c21-20(22,23)16-25-9-6-12-27(14-13-25)19(28)24-15-18(26-10-4-5-11-26)17-7-2-1-3-8-17/h1-3,7-8,18H,4-6,9-16H2,(H,24,28). The summed E-state index contributed by atoms with van der Waals surface area (Å²) in [6, 6.07) is 10.1. The van der Waals surface area contributed by atoms with E-state index in [2.05, 4.69) is 22.3 Å². The van der Waals surface area contributed by atoms with Crippen LogP contribution >= 0.6 is 0 Å². The summed E-state index contributed by atoms with van der Waals surface area (Å²) in [5.74, 6) is 0. The first-order chi connectivity index (χ1) is 13.4. The molecular formula is C20H29F3N4O. The van der Waals surface area contributed by atoms with E-state index in [1.165, 1.54) is 23.3 Å². The van der Waals surface area contributed by atoms with E-state index in [1.807, 2.05) is 18.2 Å². The number of hydrogen-bond donors (Lipinski definition) is 1. The van der Waals surface area contributed by atoms with Crippen LogP contribution in [0.5, 0.6) is 0 Å². The third-order valence-corrected chi connectivity index (χ3v) is 5.49. The molecule has 2 heterocycles. The molecule has 1 unspecified atom stereocenters. The Balaban J connectivity index is 1.54. The van der Waals surface area contributed by atoms with Gasteiger partial charge in [-0.05, 0) is 37.9 Å². The molecular weight excluding hydrogens is 369 g/mol. The van der Waals surface area contributed by atoms with Crippen LogP contribution in [0.3, 0.4) is 0 Å². The molecule has 5 nitrogen and oxygen atoms in total. The van der Waals surface area contributed by atoms with Crippen LogP contribution in [0.1, 0.15) is 30.9 Å². The summed E-state index contributed by atoms with van der Waals surface area (Å²) < 4.78 is 37.8. The monoisotopic (exact) mass is 398 g/mol. The van der Waals surface area contributed by atoms with Crippen molar-refractivity contribution >= 4 is 6.03 Å². The van der Waals surface area contributed by atoms with Crippen LogP contribution in [0.2, 0.25) is 0 Å². The topological polar surface area (TPSA) is 38.8 Å². The first kappa shape index (κ1) is 20.9. The van der Waals surface area contributed by atoms with Crippen LogP contribution in [0, 0.1) is 0 Å². The quantitative estimate of drug-likeness (QED) is 0.829. The SMILES string of the molecule is O=C(NCC(c1ccccc1)N1CCCC1)N1CCCN(CC(F)(F)F)CC1. The Morgan fingerprint density at radius 3 is 2.36 bits per heavy atom. The van der Waals surface area contributed by atoms with Gasteiger partial charge >= 0.3 is 12.2 Å². The van der Waals surface area contributed by atoms with E-state index in [0.717, 1.165) is 13.1 Å². The molecule has 2 saturated heterocycles. The number of likely N-dealkylation sites (tertiary alicyclic amines) is 1. The lowest BCUT2D eigenvalue weighted by Crippen LogP contribution is -2.45. The third kappa shape index (κ3) is 6.10. The Bertz CT molecular complexity index is 620. The number of amides is 2. The zero-order valence-electron chi connectivity index (χ0n) is 16.1. The van der Waals surface area contributed by atoms with E-state index in [0.29, 0.717) is 32.6 Å². The first-order valence-corrected chi connectivity index (χ1v) is 10.0. The van der Waals surface area contributed by atoms with Crippen LogP contribution < -0.4 is 5.32 Å². The summed E-state index contributed by atoms with van der Waals surface area (Å²) in [5, 5.41) is 3.02. The van der Waals surface area contributed by atoms with Crippen molar-refractivity contribution in [2.24, 2.45) is 0 Å². The molecule has 2 fully saturated rings. The van der Waals surface area contributed by atoms with Crippen LogP contribution in [0.15, 0.2) is 30.3 Å². The maximum Gasteiger partial charge on any atom is 0.401 e. The highest BCUT2D eigenvalue weighted by Gasteiger charge is 2.32. The van der Waals surface area contributed by atoms with Gasteiger partial charge in [0.15, 0.2) is 0 Å². The number of benzene rings is 1. The summed E-state index contributed by atoms with van der Waals surface area (Å²) in [6.07, 6.45) is -1.31. The third-order valence-electron chi connectivity index (χ3n) is 5.49. The molecule has 1 aromatic carbocycles. The van der Waals surface area contributed by atoms with Crippen molar-refractivity contribution in [3.05, 3.63) is 35.9 Å². The smallest absolute Gasteiger partial charge is 0.336 e. The summed E-state index contributed by atoms with van der Waals surface area (Å²) in [4.78, 5) is 18.1. The second-order valence-electron chi connectivity index (χ2n) is 7.59. The molecule has 3 rings (SSSR count). The van der Waals surface area contributed by atoms with Crippen molar-refractivity contribution in [1.29, 1.82) is 0 Å². The number of halogens is 3. The van der Waals surface area contributed by atoms with Gasteiger partial charge in [0.05, 0.1) is 12.6 Å². The van der Waals surface area contributed by atoms with Crippen molar-refractivity contribution in [2.75, 3.05) is 52.4 Å². The Hall–Kier alpha value is -1.80. The molecule has 0 aliphatic carbocycles. The second-order valence-corrected chi connectivity index (χ2v) is 7.59. The molecule has 0 saturated carbocycles. The average Bonchev–Trinajstić information content (AvgIpc) is 3.08. The van der Waals surface area contributed by atoms with Gasteiger partial charge in [0, 0.05) is 32.7 Å². The highest BCUT2D eigenvalue weighted by molar-refractivity contribution is 5.74. The van der Waals surface area contributed by atoms with Crippen molar-refractivity contribution < 1.29 is 18.0 Å². The average molecular weight is 398 g/mol. The minimum atomic E-state index is -4.20. The Labute approximate surface area is 164 Å². The summed E-state index contributed by atoms with van der Waals surface area (Å²) in [6.45, 7) is 3.06. The van der Waals surface area contributed by atoms with Gasteiger partial charge in [-0.1, -0.05) is 30.3 Å². The molecule has 0 bridgehead atoms. The molecule has 156 valence electrons. The lowest BCUT2D eigenvalue weighted by Gasteiger charge is -2.29. The molecule has 0 radical (unpaired) electrons. The largest absolute Gasteiger partial charge is 0.401 e. The number of nitrogens with zero attached hydrogens (tertiary/aromatic N) is 3. The molecule has 0 aromatic heterocycles. The Morgan fingerprint density at radius 1 is 0.964 bits per heavy atom. The zero-order chi connectivity index (χ0) is 20.0. The van der Waals surface area contributed by atoms with Crippen molar-refractivity contribution in [3.8, 4) is 0 Å². The zero-order valence-corrected chi connectivity index (χ0v) is 16.1. The maximum absolute atomic E-state index is 12.6. The van der Waals surface area contributed by atoms with Gasteiger partial charge in [-0.3, -0.25) is 9.80 Å². The van der Waals surface area contributed by atoms with Gasteiger partial charge in [0.25, 0.3) is 0 Å². The maximum atomic E-state index is 12.6. The number of rotatable bonds is 5. The number of urea groups is 1. The van der Waals surface area contributed by atoms with Crippen LogP contribution in [-0.4, -0.2) is 79.3 Å². The molecule has 1 N–H and O–H groups in total. The fraction of sp³-hybridized carbons (Fsp3) is 0.650. The number of hydrogen-bond acceptors (Lipinski definition) is 3. The van der Waals surface area contributed by atoms with Gasteiger partial charge in [0.1, 0.15) is 0 Å². The minimum Gasteiger partial charge on any atom is -0.336 e. The van der Waals surface area contributed by atoms with E-state index < -0.39 is 12.7 Å². The highest BCUT2D eigenvalue weighted by Crippen LogP contribution is 2.24. The lowest BCUT2D eigenvalue weighted by molar-refractivity contribution is -0.145. The molecule has 1 atom stereocenters. The first-order valence-electron chi connectivity index (χ1n) is 10.0. The van der Waals surface area contributed by atoms with E-state index >= 15 is 0 Å². The Kier molecular flexibility index (Phi) is 7.18. The van der Waals surface area contributed by atoms with Crippen molar-refractivity contribution in [1.82, 2.24) is 20.0 Å². The summed E-state index contributed by atoms with van der Waals surface area (Å²) in [7, 11) is 0. The second kappa shape index (κ2) is 9.60. The van der Waals surface area contributed by atoms with Gasteiger partial charge in [0.2, 0.25) is 0 Å². The number of alkyl halides is 3. The van der Waals surface area contributed by atoms with E-state index in [-0.39, 0.29) is 18.6 Å². The van der Waals surface area contributed by atoms with Crippen LogP contribution in [0.25, 0.3) is 0 Å². The molecule has 2 amide bonds. The predicted octanol–water partition coefficient (Wildman–Crippen LogP) is 3.10. The van der Waals surface area contributed by atoms with Gasteiger partial charge in [-0.2, -0.15) is 13.2 Å². The van der Waals surface area contributed by atoms with Crippen molar-refractivity contribution in [2.45, 2.75) is 31.5 Å². The molecule has 2 aliphatic heterocycles. The van der Waals surface area contributed by atoms with Crippen LogP contribution in [0.4, 0.5) is 18.0 Å². The number of nitrogens with one attached hydrogen (secondary N) is 1. The van der Waals surface area contributed by atoms with Crippen molar-refractivity contribution in [3.63, 3.8) is 0 Å². The highest BCUT2D eigenvalue weighted by atomic mass is 19.4. The lowest BCUT2D eigenvalue weighted by atomic mass is 10.1. The Morgan fingerprint density at radius 2 is 1.68 bits per heavy atom. The number of carbonyl (C=O) groups is 1. The number of carbonyl (C=O) groups excluding carboxylic acids is 1.